The van der Waals surface area contributed by atoms with E-state index in [-0.39, 0.29) is 11.5 Å². The number of rotatable bonds is 2. The first-order valence-corrected chi connectivity index (χ1v) is 6.98. The molecule has 0 bridgehead atoms. The molecular formula is C14H20N2O4. The number of carbonyl (C=O) groups is 1. The van der Waals surface area contributed by atoms with Crippen molar-refractivity contribution >= 4 is 5.91 Å². The molecule has 2 heterocycles. The predicted molar refractivity (Wildman–Crippen MR) is 74.2 cm³/mol. The van der Waals surface area contributed by atoms with Crippen LogP contribution in [-0.4, -0.2) is 21.6 Å². The van der Waals surface area contributed by atoms with Crippen LogP contribution in [0.25, 0.3) is 0 Å². The molecule has 1 aliphatic heterocycles. The largest absolute Gasteiger partial charge is 0.358 e. The molecule has 110 valence electrons. The van der Waals surface area contributed by atoms with Gasteiger partial charge in [-0.25, -0.2) is 13.9 Å². The molecule has 1 aromatic rings. The highest BCUT2D eigenvalue weighted by Crippen LogP contribution is 2.20. The van der Waals surface area contributed by atoms with Crippen molar-refractivity contribution in [3.8, 4) is 0 Å². The summed E-state index contributed by atoms with van der Waals surface area (Å²) in [5.41, 5.74) is -0.000432. The third-order valence-electron chi connectivity index (χ3n) is 3.76. The third kappa shape index (κ3) is 2.35. The molecule has 1 fully saturated rings. The Labute approximate surface area is 117 Å². The second kappa shape index (κ2) is 5.75. The van der Waals surface area contributed by atoms with Crippen molar-refractivity contribution in [1.82, 2.24) is 9.13 Å². The lowest BCUT2D eigenvalue weighted by molar-refractivity contribution is -0.0375. The molecule has 6 nitrogen and oxygen atoms in total. The van der Waals surface area contributed by atoms with E-state index in [1.807, 2.05) is 6.92 Å². The van der Waals surface area contributed by atoms with E-state index in [1.165, 1.54) is 6.92 Å². The van der Waals surface area contributed by atoms with Gasteiger partial charge in [0, 0.05) is 24.8 Å². The molecule has 2 rings (SSSR count). The minimum Gasteiger partial charge on any atom is -0.358 e. The van der Waals surface area contributed by atoms with Gasteiger partial charge in [-0.1, -0.05) is 6.92 Å². The van der Waals surface area contributed by atoms with Gasteiger partial charge in [-0.15, -0.1) is 0 Å². The van der Waals surface area contributed by atoms with Gasteiger partial charge < -0.3 is 4.74 Å². The molecule has 1 aliphatic rings. The van der Waals surface area contributed by atoms with Crippen molar-refractivity contribution in [3.63, 3.8) is 0 Å². The van der Waals surface area contributed by atoms with E-state index in [4.69, 9.17) is 4.74 Å². The lowest BCUT2D eigenvalue weighted by Crippen LogP contribution is -2.47. The molecule has 0 aromatic carbocycles. The molecular weight excluding hydrogens is 260 g/mol. The maximum atomic E-state index is 12.5. The fraction of sp³-hybridized carbons (Fsp3) is 0.643. The van der Waals surface area contributed by atoms with E-state index < -0.39 is 11.9 Å². The van der Waals surface area contributed by atoms with Crippen LogP contribution in [-0.2, 0) is 11.2 Å². The smallest absolute Gasteiger partial charge is 0.340 e. The first-order valence-electron chi connectivity index (χ1n) is 6.98. The topological polar surface area (TPSA) is 70.3 Å². The van der Waals surface area contributed by atoms with E-state index in [9.17, 15) is 14.4 Å². The second-order valence-electron chi connectivity index (χ2n) is 5.05. The lowest BCUT2D eigenvalue weighted by Gasteiger charge is -2.25. The van der Waals surface area contributed by atoms with Gasteiger partial charge in [-0.05, 0) is 32.6 Å². The van der Waals surface area contributed by atoms with Gasteiger partial charge in [0.1, 0.15) is 6.23 Å². The van der Waals surface area contributed by atoms with Gasteiger partial charge in [0.25, 0.3) is 5.56 Å². The molecule has 20 heavy (non-hydrogen) atoms. The number of nitrogens with zero attached hydrogens (tertiary/aromatic N) is 2. The summed E-state index contributed by atoms with van der Waals surface area (Å²) in [6.07, 6.45) is 2.38. The summed E-state index contributed by atoms with van der Waals surface area (Å²) in [6.45, 7) is 5.33. The zero-order chi connectivity index (χ0) is 14.9. The maximum Gasteiger partial charge on any atom is 0.340 e. The van der Waals surface area contributed by atoms with Gasteiger partial charge >= 0.3 is 5.69 Å². The highest BCUT2D eigenvalue weighted by Gasteiger charge is 2.24. The Morgan fingerprint density at radius 3 is 2.55 bits per heavy atom. The minimum absolute atomic E-state index is 0.334. The first kappa shape index (κ1) is 14.7. The number of ether oxygens (including phenoxy) is 1. The average Bonchev–Trinajstić information content (AvgIpc) is 2.39. The fourth-order valence-electron chi connectivity index (χ4n) is 2.73. The summed E-state index contributed by atoms with van der Waals surface area (Å²) < 4.78 is 7.71. The Morgan fingerprint density at radius 1 is 1.35 bits per heavy atom. The number of hydrogen-bond acceptors (Lipinski definition) is 4. The molecule has 0 amide bonds. The second-order valence-corrected chi connectivity index (χ2v) is 5.05. The van der Waals surface area contributed by atoms with Crippen LogP contribution in [0.2, 0.25) is 0 Å². The van der Waals surface area contributed by atoms with Crippen LogP contribution in [0.4, 0.5) is 0 Å². The molecule has 0 spiro atoms. The summed E-state index contributed by atoms with van der Waals surface area (Å²) in [6, 6.07) is 0. The maximum absolute atomic E-state index is 12.5. The van der Waals surface area contributed by atoms with E-state index in [0.29, 0.717) is 30.7 Å². The highest BCUT2D eigenvalue weighted by atomic mass is 16.5. The minimum atomic E-state index is -0.593. The van der Waals surface area contributed by atoms with Crippen LogP contribution in [0.1, 0.15) is 55.4 Å². The average molecular weight is 280 g/mol. The molecule has 0 radical (unpaired) electrons. The van der Waals surface area contributed by atoms with Crippen molar-refractivity contribution in [3.05, 3.63) is 32.1 Å². The molecule has 0 saturated carbocycles. The standard InChI is InChI=1S/C14H20N2O4/c1-4-11-9(2)15(10(3)17)14(19)16(13(11)18)12-7-5-6-8-20-12/h12H,4-8H2,1-3H3. The van der Waals surface area contributed by atoms with Gasteiger partial charge in [0.05, 0.1) is 0 Å². The number of carbonyl (C=O) groups excluding carboxylic acids is 1. The summed E-state index contributed by atoms with van der Waals surface area (Å²) in [5, 5.41) is 0. The van der Waals surface area contributed by atoms with Crippen molar-refractivity contribution in [1.29, 1.82) is 0 Å². The summed E-state index contributed by atoms with van der Waals surface area (Å²) in [4.78, 5) is 36.6. The number of aromatic nitrogens is 2. The van der Waals surface area contributed by atoms with Crippen LogP contribution in [0.15, 0.2) is 9.59 Å². The predicted octanol–water partition coefficient (Wildman–Crippen LogP) is 1.24. The Hall–Kier alpha value is -1.69. The van der Waals surface area contributed by atoms with Gasteiger partial charge in [0.15, 0.2) is 0 Å². The lowest BCUT2D eigenvalue weighted by atomic mass is 10.1. The van der Waals surface area contributed by atoms with Crippen molar-refractivity contribution in [2.45, 2.75) is 52.7 Å². The van der Waals surface area contributed by atoms with Crippen LogP contribution in [0.5, 0.6) is 0 Å². The van der Waals surface area contributed by atoms with Crippen molar-refractivity contribution < 1.29 is 9.53 Å². The Bertz CT molecular complexity index is 636. The van der Waals surface area contributed by atoms with Crippen LogP contribution in [0.3, 0.4) is 0 Å². The molecule has 6 heteroatoms. The first-order chi connectivity index (χ1) is 9.49. The Morgan fingerprint density at radius 2 is 2.05 bits per heavy atom. The molecule has 0 aliphatic carbocycles. The van der Waals surface area contributed by atoms with Crippen LogP contribution >= 0.6 is 0 Å². The fourth-order valence-corrected chi connectivity index (χ4v) is 2.73. The van der Waals surface area contributed by atoms with Crippen molar-refractivity contribution in [2.24, 2.45) is 0 Å². The summed E-state index contributed by atoms with van der Waals surface area (Å²) >= 11 is 0. The third-order valence-corrected chi connectivity index (χ3v) is 3.76. The molecule has 1 aromatic heterocycles. The van der Waals surface area contributed by atoms with Gasteiger partial charge in [0.2, 0.25) is 5.91 Å². The molecule has 1 atom stereocenters. The normalized spacial score (nSPS) is 19.1. The highest BCUT2D eigenvalue weighted by molar-refractivity contribution is 5.76. The van der Waals surface area contributed by atoms with Crippen LogP contribution in [0, 0.1) is 6.92 Å². The quantitative estimate of drug-likeness (QED) is 0.817. The molecule has 1 unspecified atom stereocenters. The van der Waals surface area contributed by atoms with E-state index in [0.717, 1.165) is 22.0 Å². The van der Waals surface area contributed by atoms with E-state index in [1.54, 1.807) is 6.92 Å². The van der Waals surface area contributed by atoms with E-state index in [2.05, 4.69) is 0 Å². The molecule has 1 saturated heterocycles. The molecule has 0 N–H and O–H groups in total. The SMILES string of the molecule is CCc1c(C)n(C(C)=O)c(=O)n(C2CCCCO2)c1=O. The summed E-state index contributed by atoms with van der Waals surface area (Å²) in [5.74, 6) is -0.383. The zero-order valence-electron chi connectivity index (χ0n) is 12.1. The number of hydrogen-bond donors (Lipinski definition) is 0. The Kier molecular flexibility index (Phi) is 4.23. The van der Waals surface area contributed by atoms with E-state index >= 15 is 0 Å². The van der Waals surface area contributed by atoms with Gasteiger partial charge in [-0.2, -0.15) is 0 Å². The van der Waals surface area contributed by atoms with Crippen molar-refractivity contribution in [2.75, 3.05) is 6.61 Å². The monoisotopic (exact) mass is 280 g/mol. The zero-order valence-corrected chi connectivity index (χ0v) is 12.1. The van der Waals surface area contributed by atoms with Crippen LogP contribution < -0.4 is 11.2 Å². The summed E-state index contributed by atoms with van der Waals surface area (Å²) in [7, 11) is 0. The Balaban J connectivity index is 2.73. The van der Waals surface area contributed by atoms with Gasteiger partial charge in [-0.3, -0.25) is 9.59 Å².